The van der Waals surface area contributed by atoms with E-state index in [9.17, 15) is 4.79 Å². The number of rotatable bonds is 4. The molecule has 1 aliphatic heterocycles. The summed E-state index contributed by atoms with van der Waals surface area (Å²) in [6.07, 6.45) is 5.79. The van der Waals surface area contributed by atoms with Crippen LogP contribution in [0.3, 0.4) is 0 Å². The van der Waals surface area contributed by atoms with E-state index >= 15 is 0 Å². The van der Waals surface area contributed by atoms with E-state index in [-0.39, 0.29) is 12.0 Å². The van der Waals surface area contributed by atoms with E-state index in [1.54, 1.807) is 10.9 Å². The Morgan fingerprint density at radius 3 is 2.86 bits per heavy atom. The maximum absolute atomic E-state index is 12.3. The highest BCUT2D eigenvalue weighted by atomic mass is 16.5. The second-order valence-electron chi connectivity index (χ2n) is 4.92. The van der Waals surface area contributed by atoms with Gasteiger partial charge in [0.1, 0.15) is 12.4 Å². The minimum atomic E-state index is -0.388. The number of anilines is 1. The normalized spacial score (nSPS) is 17.1. The Kier molecular flexibility index (Phi) is 3.66. The maximum atomic E-state index is 12.3. The van der Waals surface area contributed by atoms with Crippen LogP contribution in [0.15, 0.2) is 30.0 Å². The molecule has 22 heavy (non-hydrogen) atoms. The number of nitrogens with one attached hydrogen (secondary N) is 1. The molecule has 0 bridgehead atoms. The van der Waals surface area contributed by atoms with Crippen molar-refractivity contribution in [3.63, 3.8) is 0 Å². The van der Waals surface area contributed by atoms with Gasteiger partial charge in [0, 0.05) is 24.0 Å². The van der Waals surface area contributed by atoms with Crippen LogP contribution in [0, 0.1) is 0 Å². The molecule has 8 heteroatoms. The van der Waals surface area contributed by atoms with Gasteiger partial charge in [-0.3, -0.25) is 4.68 Å². The van der Waals surface area contributed by atoms with Gasteiger partial charge in [-0.25, -0.2) is 9.48 Å². The SMILES string of the molecule is CCC1=C(C(=O)OC)C(c2cnn(CC)c2)n2ncnc2N1. The lowest BCUT2D eigenvalue weighted by atomic mass is 9.97. The minimum absolute atomic E-state index is 0.375. The van der Waals surface area contributed by atoms with Crippen LogP contribution in [0.1, 0.15) is 31.9 Å². The molecule has 0 spiro atoms. The van der Waals surface area contributed by atoms with Gasteiger partial charge >= 0.3 is 5.97 Å². The number of esters is 1. The number of carbonyl (C=O) groups excluding carboxylic acids is 1. The molecule has 116 valence electrons. The highest BCUT2D eigenvalue weighted by Crippen LogP contribution is 2.35. The second-order valence-corrected chi connectivity index (χ2v) is 4.92. The van der Waals surface area contributed by atoms with Crippen LogP contribution in [0.5, 0.6) is 0 Å². The van der Waals surface area contributed by atoms with E-state index in [1.807, 2.05) is 24.7 Å². The van der Waals surface area contributed by atoms with E-state index in [0.29, 0.717) is 17.9 Å². The number of hydrogen-bond donors (Lipinski definition) is 1. The first-order chi connectivity index (χ1) is 10.7. The number of aryl methyl sites for hydroxylation is 1. The molecule has 0 aliphatic carbocycles. The van der Waals surface area contributed by atoms with Gasteiger partial charge < -0.3 is 10.1 Å². The van der Waals surface area contributed by atoms with Gasteiger partial charge in [0.2, 0.25) is 5.95 Å². The zero-order valence-corrected chi connectivity index (χ0v) is 12.8. The van der Waals surface area contributed by atoms with Crippen LogP contribution in [-0.4, -0.2) is 37.6 Å². The molecule has 0 fully saturated rings. The Labute approximate surface area is 127 Å². The number of nitrogens with zero attached hydrogens (tertiary/aromatic N) is 5. The second kappa shape index (κ2) is 5.63. The van der Waals surface area contributed by atoms with E-state index in [4.69, 9.17) is 4.74 Å². The quantitative estimate of drug-likeness (QED) is 0.858. The largest absolute Gasteiger partial charge is 0.466 e. The minimum Gasteiger partial charge on any atom is -0.466 e. The first kappa shape index (κ1) is 14.3. The van der Waals surface area contributed by atoms with Gasteiger partial charge in [-0.15, -0.1) is 0 Å². The molecule has 1 N–H and O–H groups in total. The third-order valence-electron chi connectivity index (χ3n) is 3.73. The molecular weight excluding hydrogens is 284 g/mol. The Bertz CT molecular complexity index is 729. The summed E-state index contributed by atoms with van der Waals surface area (Å²) in [5.74, 6) is 0.235. The van der Waals surface area contributed by atoms with Gasteiger partial charge in [0.15, 0.2) is 0 Å². The van der Waals surface area contributed by atoms with Crippen LogP contribution in [0.25, 0.3) is 0 Å². The summed E-state index contributed by atoms with van der Waals surface area (Å²) < 4.78 is 8.47. The van der Waals surface area contributed by atoms with E-state index < -0.39 is 0 Å². The molecule has 3 rings (SSSR count). The summed E-state index contributed by atoms with van der Waals surface area (Å²) in [4.78, 5) is 16.5. The topological polar surface area (TPSA) is 86.9 Å². The summed E-state index contributed by atoms with van der Waals surface area (Å²) >= 11 is 0. The van der Waals surface area contributed by atoms with Crippen LogP contribution >= 0.6 is 0 Å². The van der Waals surface area contributed by atoms with Gasteiger partial charge in [-0.2, -0.15) is 15.2 Å². The van der Waals surface area contributed by atoms with Crippen molar-refractivity contribution in [3.05, 3.63) is 35.6 Å². The summed E-state index contributed by atoms with van der Waals surface area (Å²) in [6, 6.07) is -0.388. The molecule has 0 saturated heterocycles. The molecule has 3 heterocycles. The lowest BCUT2D eigenvalue weighted by molar-refractivity contribution is -0.136. The fourth-order valence-corrected chi connectivity index (χ4v) is 2.64. The van der Waals surface area contributed by atoms with E-state index in [1.165, 1.54) is 13.4 Å². The summed E-state index contributed by atoms with van der Waals surface area (Å²) in [5, 5.41) is 11.7. The monoisotopic (exact) mass is 302 g/mol. The molecule has 0 radical (unpaired) electrons. The van der Waals surface area contributed by atoms with Crippen LogP contribution in [0.4, 0.5) is 5.95 Å². The number of aromatic nitrogens is 5. The van der Waals surface area contributed by atoms with Crippen LogP contribution in [0.2, 0.25) is 0 Å². The standard InChI is InChI=1S/C14H18N6O2/c1-4-10-11(13(21)22-3)12(9-6-16-19(5-2)7-9)20-14(18-10)15-8-17-20/h6-8,12H,4-5H2,1-3H3,(H,15,17,18). The Balaban J connectivity index is 2.17. The van der Waals surface area contributed by atoms with Crippen molar-refractivity contribution in [2.45, 2.75) is 32.9 Å². The highest BCUT2D eigenvalue weighted by molar-refractivity contribution is 5.92. The van der Waals surface area contributed by atoms with E-state index in [0.717, 1.165) is 17.8 Å². The molecule has 1 aliphatic rings. The number of allylic oxidation sites excluding steroid dienone is 1. The van der Waals surface area contributed by atoms with Gasteiger partial charge in [0.25, 0.3) is 0 Å². The van der Waals surface area contributed by atoms with Crippen molar-refractivity contribution in [2.75, 3.05) is 12.4 Å². The molecule has 1 unspecified atom stereocenters. The third kappa shape index (κ3) is 2.16. The van der Waals surface area contributed by atoms with Crippen molar-refractivity contribution in [3.8, 4) is 0 Å². The fraction of sp³-hybridized carbons (Fsp3) is 0.429. The third-order valence-corrected chi connectivity index (χ3v) is 3.73. The van der Waals surface area contributed by atoms with Gasteiger partial charge in [0.05, 0.1) is 18.9 Å². The van der Waals surface area contributed by atoms with Crippen molar-refractivity contribution in [1.29, 1.82) is 0 Å². The van der Waals surface area contributed by atoms with Crippen molar-refractivity contribution < 1.29 is 9.53 Å². The summed E-state index contributed by atoms with van der Waals surface area (Å²) in [6.45, 7) is 4.74. The average molecular weight is 302 g/mol. The number of methoxy groups -OCH3 is 1. The predicted molar refractivity (Wildman–Crippen MR) is 79.0 cm³/mol. The molecular formula is C14H18N6O2. The van der Waals surface area contributed by atoms with E-state index in [2.05, 4.69) is 20.5 Å². The molecule has 0 aromatic carbocycles. The van der Waals surface area contributed by atoms with Crippen LogP contribution in [-0.2, 0) is 16.1 Å². The zero-order chi connectivity index (χ0) is 15.7. The molecule has 0 amide bonds. The fourth-order valence-electron chi connectivity index (χ4n) is 2.64. The van der Waals surface area contributed by atoms with Crippen molar-refractivity contribution in [1.82, 2.24) is 24.5 Å². The first-order valence-corrected chi connectivity index (χ1v) is 7.19. The highest BCUT2D eigenvalue weighted by Gasteiger charge is 2.35. The summed E-state index contributed by atoms with van der Waals surface area (Å²) in [5.41, 5.74) is 2.21. The van der Waals surface area contributed by atoms with Crippen LogP contribution < -0.4 is 5.32 Å². The first-order valence-electron chi connectivity index (χ1n) is 7.19. The number of hydrogen-bond acceptors (Lipinski definition) is 6. The Morgan fingerprint density at radius 2 is 2.23 bits per heavy atom. The Morgan fingerprint density at radius 1 is 1.41 bits per heavy atom. The number of fused-ring (bicyclic) bond motifs is 1. The summed E-state index contributed by atoms with van der Waals surface area (Å²) in [7, 11) is 1.38. The average Bonchev–Trinajstić information content (AvgIpc) is 3.20. The smallest absolute Gasteiger partial charge is 0.338 e. The van der Waals surface area contributed by atoms with Gasteiger partial charge in [-0.1, -0.05) is 6.92 Å². The zero-order valence-electron chi connectivity index (χ0n) is 12.8. The van der Waals surface area contributed by atoms with Crippen molar-refractivity contribution in [2.24, 2.45) is 0 Å². The number of carbonyl (C=O) groups is 1. The molecule has 2 aromatic heterocycles. The molecule has 8 nitrogen and oxygen atoms in total. The Hall–Kier alpha value is -2.64. The predicted octanol–water partition coefficient (Wildman–Crippen LogP) is 1.35. The van der Waals surface area contributed by atoms with Gasteiger partial charge in [-0.05, 0) is 13.3 Å². The number of ether oxygens (including phenoxy) is 1. The molecule has 2 aromatic rings. The molecule has 1 atom stereocenters. The lowest BCUT2D eigenvalue weighted by Crippen LogP contribution is -2.29. The maximum Gasteiger partial charge on any atom is 0.338 e. The lowest BCUT2D eigenvalue weighted by Gasteiger charge is -2.27. The molecule has 0 saturated carbocycles. The van der Waals surface area contributed by atoms with Crippen molar-refractivity contribution >= 4 is 11.9 Å².